The van der Waals surface area contributed by atoms with Crippen LogP contribution in [0.2, 0.25) is 5.02 Å². The average Bonchev–Trinajstić information content (AvgIpc) is 2.44. The van der Waals surface area contributed by atoms with E-state index < -0.39 is 5.82 Å². The Morgan fingerprint density at radius 2 is 2.10 bits per heavy atom. The van der Waals surface area contributed by atoms with E-state index in [4.69, 9.17) is 22.1 Å². The minimum Gasteiger partial charge on any atom is -0.484 e. The van der Waals surface area contributed by atoms with Gasteiger partial charge in [-0.15, -0.1) is 0 Å². The van der Waals surface area contributed by atoms with Crippen molar-refractivity contribution in [3.8, 4) is 5.75 Å². The quantitative estimate of drug-likeness (QED) is 0.851. The Balaban J connectivity index is 1.92. The number of nitrogens with one attached hydrogen (secondary N) is 1. The molecule has 0 radical (unpaired) electrons. The van der Waals surface area contributed by atoms with Crippen LogP contribution in [0.25, 0.3) is 0 Å². The highest BCUT2D eigenvalue weighted by atomic mass is 35.5. The SMILES string of the molecule is Cc1ccc(NC(=O)COc2ccc(F)c(Cl)c2)cc1N. The Hall–Kier alpha value is -2.27. The van der Waals surface area contributed by atoms with Gasteiger partial charge in [0.05, 0.1) is 5.02 Å². The zero-order valence-electron chi connectivity index (χ0n) is 11.3. The molecule has 0 aromatic heterocycles. The molecule has 110 valence electrons. The second-order valence-corrected chi connectivity index (χ2v) is 4.89. The number of hydrogen-bond acceptors (Lipinski definition) is 3. The third-order valence-electron chi connectivity index (χ3n) is 2.82. The van der Waals surface area contributed by atoms with Gasteiger partial charge in [0.1, 0.15) is 11.6 Å². The van der Waals surface area contributed by atoms with E-state index in [1.165, 1.54) is 18.2 Å². The number of ether oxygens (including phenoxy) is 1. The number of carbonyl (C=O) groups excluding carboxylic acids is 1. The van der Waals surface area contributed by atoms with Crippen LogP contribution in [0.5, 0.6) is 5.75 Å². The topological polar surface area (TPSA) is 64.3 Å². The number of hydrogen-bond donors (Lipinski definition) is 2. The molecule has 0 atom stereocenters. The van der Waals surface area contributed by atoms with Gasteiger partial charge in [0.2, 0.25) is 0 Å². The van der Waals surface area contributed by atoms with Gasteiger partial charge < -0.3 is 15.8 Å². The molecule has 0 aliphatic rings. The number of aryl methyl sites for hydroxylation is 1. The van der Waals surface area contributed by atoms with Crippen molar-refractivity contribution in [3.05, 3.63) is 52.8 Å². The van der Waals surface area contributed by atoms with Crippen LogP contribution in [0.3, 0.4) is 0 Å². The molecule has 0 saturated carbocycles. The summed E-state index contributed by atoms with van der Waals surface area (Å²) >= 11 is 5.62. The Kier molecular flexibility index (Phi) is 4.65. The van der Waals surface area contributed by atoms with Crippen molar-refractivity contribution < 1.29 is 13.9 Å². The van der Waals surface area contributed by atoms with Crippen molar-refractivity contribution in [2.24, 2.45) is 0 Å². The van der Waals surface area contributed by atoms with Gasteiger partial charge in [-0.05, 0) is 36.8 Å². The molecule has 2 rings (SSSR count). The van der Waals surface area contributed by atoms with Gasteiger partial charge in [-0.25, -0.2) is 4.39 Å². The number of nitrogen functional groups attached to an aromatic ring is 1. The molecular weight excluding hydrogens is 295 g/mol. The fraction of sp³-hybridized carbons (Fsp3) is 0.133. The molecule has 0 fully saturated rings. The molecule has 0 heterocycles. The van der Waals surface area contributed by atoms with E-state index in [2.05, 4.69) is 5.32 Å². The van der Waals surface area contributed by atoms with E-state index in [-0.39, 0.29) is 17.5 Å². The van der Waals surface area contributed by atoms with Crippen LogP contribution >= 0.6 is 11.6 Å². The molecule has 1 amide bonds. The third-order valence-corrected chi connectivity index (χ3v) is 3.11. The van der Waals surface area contributed by atoms with Crippen LogP contribution in [0.1, 0.15) is 5.56 Å². The third kappa shape index (κ3) is 4.10. The normalized spacial score (nSPS) is 10.2. The predicted octanol–water partition coefficient (Wildman–Crippen LogP) is 3.39. The highest BCUT2D eigenvalue weighted by molar-refractivity contribution is 6.30. The molecule has 0 bridgehead atoms. The number of nitrogens with two attached hydrogens (primary N) is 1. The molecule has 21 heavy (non-hydrogen) atoms. The molecular formula is C15H14ClFN2O2. The summed E-state index contributed by atoms with van der Waals surface area (Å²) < 4.78 is 18.2. The highest BCUT2D eigenvalue weighted by Crippen LogP contribution is 2.21. The molecule has 3 N–H and O–H groups in total. The van der Waals surface area contributed by atoms with Crippen molar-refractivity contribution in [2.45, 2.75) is 6.92 Å². The minimum atomic E-state index is -0.538. The van der Waals surface area contributed by atoms with Gasteiger partial charge in [0, 0.05) is 17.4 Å². The number of halogens is 2. The van der Waals surface area contributed by atoms with Gasteiger partial charge in [-0.3, -0.25) is 4.79 Å². The lowest BCUT2D eigenvalue weighted by Gasteiger charge is -2.09. The Morgan fingerprint density at radius 3 is 2.76 bits per heavy atom. The smallest absolute Gasteiger partial charge is 0.262 e. The number of carbonyl (C=O) groups is 1. The van der Waals surface area contributed by atoms with Crippen molar-refractivity contribution in [2.75, 3.05) is 17.7 Å². The summed E-state index contributed by atoms with van der Waals surface area (Å²) in [4.78, 5) is 11.7. The van der Waals surface area contributed by atoms with Gasteiger partial charge in [-0.2, -0.15) is 0 Å². The lowest BCUT2D eigenvalue weighted by atomic mass is 10.2. The second-order valence-electron chi connectivity index (χ2n) is 4.48. The molecule has 2 aromatic rings. The zero-order valence-corrected chi connectivity index (χ0v) is 12.1. The van der Waals surface area contributed by atoms with Crippen molar-refractivity contribution >= 4 is 28.9 Å². The number of anilines is 2. The average molecular weight is 309 g/mol. The molecule has 0 saturated heterocycles. The summed E-state index contributed by atoms with van der Waals surface area (Å²) in [6, 6.07) is 9.12. The number of rotatable bonds is 4. The van der Waals surface area contributed by atoms with Gasteiger partial charge in [0.25, 0.3) is 5.91 Å². The first kappa shape index (κ1) is 15.1. The number of amides is 1. The maximum atomic E-state index is 13.0. The maximum Gasteiger partial charge on any atom is 0.262 e. The Bertz CT molecular complexity index is 677. The van der Waals surface area contributed by atoms with Gasteiger partial charge in [-0.1, -0.05) is 17.7 Å². The van der Waals surface area contributed by atoms with E-state index in [9.17, 15) is 9.18 Å². The minimum absolute atomic E-state index is 0.0563. The van der Waals surface area contributed by atoms with E-state index in [1.807, 2.05) is 13.0 Å². The summed E-state index contributed by atoms with van der Waals surface area (Å²) in [7, 11) is 0. The largest absolute Gasteiger partial charge is 0.484 e. The summed E-state index contributed by atoms with van der Waals surface area (Å²) in [6.45, 7) is 1.66. The van der Waals surface area contributed by atoms with Crippen LogP contribution in [0.15, 0.2) is 36.4 Å². The Labute approximate surface area is 126 Å². The van der Waals surface area contributed by atoms with E-state index >= 15 is 0 Å². The van der Waals surface area contributed by atoms with Crippen LogP contribution < -0.4 is 15.8 Å². The first-order valence-corrected chi connectivity index (χ1v) is 6.57. The Morgan fingerprint density at radius 1 is 1.33 bits per heavy atom. The first-order chi connectivity index (χ1) is 9.95. The lowest BCUT2D eigenvalue weighted by Crippen LogP contribution is -2.20. The van der Waals surface area contributed by atoms with Crippen LogP contribution in [-0.4, -0.2) is 12.5 Å². The molecule has 0 aliphatic heterocycles. The van der Waals surface area contributed by atoms with Crippen molar-refractivity contribution in [3.63, 3.8) is 0 Å². The molecule has 0 aliphatic carbocycles. The van der Waals surface area contributed by atoms with E-state index in [0.29, 0.717) is 17.1 Å². The predicted molar refractivity (Wildman–Crippen MR) is 81.1 cm³/mol. The molecule has 4 nitrogen and oxygen atoms in total. The number of benzene rings is 2. The van der Waals surface area contributed by atoms with E-state index in [0.717, 1.165) is 5.56 Å². The highest BCUT2D eigenvalue weighted by Gasteiger charge is 2.06. The molecule has 0 unspecified atom stereocenters. The summed E-state index contributed by atoms with van der Waals surface area (Å²) in [5.74, 6) is -0.567. The summed E-state index contributed by atoms with van der Waals surface area (Å²) in [6.07, 6.45) is 0. The van der Waals surface area contributed by atoms with Crippen molar-refractivity contribution in [1.29, 1.82) is 0 Å². The fourth-order valence-electron chi connectivity index (χ4n) is 1.63. The van der Waals surface area contributed by atoms with Gasteiger partial charge in [0.15, 0.2) is 6.61 Å². The van der Waals surface area contributed by atoms with Gasteiger partial charge >= 0.3 is 0 Å². The lowest BCUT2D eigenvalue weighted by molar-refractivity contribution is -0.118. The first-order valence-electron chi connectivity index (χ1n) is 6.19. The monoisotopic (exact) mass is 308 g/mol. The summed E-state index contributed by atoms with van der Waals surface area (Å²) in [5.41, 5.74) is 7.88. The van der Waals surface area contributed by atoms with Crippen LogP contribution in [-0.2, 0) is 4.79 Å². The fourth-order valence-corrected chi connectivity index (χ4v) is 1.80. The molecule has 2 aromatic carbocycles. The van der Waals surface area contributed by atoms with Crippen LogP contribution in [0.4, 0.5) is 15.8 Å². The zero-order chi connectivity index (χ0) is 15.4. The second kappa shape index (κ2) is 6.45. The van der Waals surface area contributed by atoms with Crippen molar-refractivity contribution in [1.82, 2.24) is 0 Å². The molecule has 6 heteroatoms. The summed E-state index contributed by atoms with van der Waals surface area (Å²) in [5, 5.41) is 2.60. The molecule has 0 spiro atoms. The maximum absolute atomic E-state index is 13.0. The standard InChI is InChI=1S/C15H14ClFN2O2/c1-9-2-3-10(6-14(9)18)19-15(20)8-21-11-4-5-13(17)12(16)7-11/h2-7H,8,18H2,1H3,(H,19,20). The van der Waals surface area contributed by atoms with Crippen LogP contribution in [0, 0.1) is 12.7 Å². The van der Waals surface area contributed by atoms with E-state index in [1.54, 1.807) is 12.1 Å².